The second kappa shape index (κ2) is 8.98. The van der Waals surface area contributed by atoms with Crippen molar-refractivity contribution in [3.8, 4) is 0 Å². The maximum absolute atomic E-state index is 3.37. The van der Waals surface area contributed by atoms with E-state index in [0.717, 1.165) is 39.1 Å². The van der Waals surface area contributed by atoms with Crippen molar-refractivity contribution in [2.75, 3.05) is 19.6 Å². The molecule has 0 saturated carbocycles. The van der Waals surface area contributed by atoms with Gasteiger partial charge in [-0.3, -0.25) is 4.90 Å². The van der Waals surface area contributed by atoms with Gasteiger partial charge in [0.25, 0.3) is 0 Å². The molecule has 0 amide bonds. The number of thiophene rings is 1. The van der Waals surface area contributed by atoms with Crippen LogP contribution in [0.4, 0.5) is 0 Å². The number of hydrogen-bond donors (Lipinski definition) is 1. The average Bonchev–Trinajstić information content (AvgIpc) is 3.01. The summed E-state index contributed by atoms with van der Waals surface area (Å²) in [6.45, 7) is 9.66. The first-order valence-corrected chi connectivity index (χ1v) is 8.73. The third-order valence-corrected chi connectivity index (χ3v) is 4.54. The van der Waals surface area contributed by atoms with E-state index in [9.17, 15) is 0 Å². The fraction of sp³-hybridized carbons (Fsp3) is 0.444. The predicted molar refractivity (Wildman–Crippen MR) is 92.8 cm³/mol. The fourth-order valence-corrected chi connectivity index (χ4v) is 3.13. The van der Waals surface area contributed by atoms with Gasteiger partial charge in [-0.25, -0.2) is 0 Å². The van der Waals surface area contributed by atoms with Crippen LogP contribution in [0.15, 0.2) is 41.8 Å². The third-order valence-electron chi connectivity index (χ3n) is 3.68. The molecular formula is C18H26N2S. The van der Waals surface area contributed by atoms with Gasteiger partial charge in [0.2, 0.25) is 0 Å². The summed E-state index contributed by atoms with van der Waals surface area (Å²) in [5, 5.41) is 5.53. The highest BCUT2D eigenvalue weighted by Crippen LogP contribution is 2.14. The van der Waals surface area contributed by atoms with E-state index in [2.05, 4.69) is 65.8 Å². The summed E-state index contributed by atoms with van der Waals surface area (Å²) in [7, 11) is 0. The van der Waals surface area contributed by atoms with Crippen LogP contribution in [0.5, 0.6) is 0 Å². The Labute approximate surface area is 132 Å². The first kappa shape index (κ1) is 16.2. The van der Waals surface area contributed by atoms with Gasteiger partial charge in [-0.1, -0.05) is 44.2 Å². The minimum Gasteiger partial charge on any atom is -0.317 e. The van der Waals surface area contributed by atoms with Crippen molar-refractivity contribution in [3.63, 3.8) is 0 Å². The van der Waals surface area contributed by atoms with Crippen molar-refractivity contribution in [2.24, 2.45) is 0 Å². The van der Waals surface area contributed by atoms with Crippen molar-refractivity contribution in [1.82, 2.24) is 10.2 Å². The lowest BCUT2D eigenvalue weighted by atomic mass is 10.1. The lowest BCUT2D eigenvalue weighted by molar-refractivity contribution is 0.274. The maximum atomic E-state index is 3.37. The summed E-state index contributed by atoms with van der Waals surface area (Å²) in [6, 6.07) is 13.4. The van der Waals surface area contributed by atoms with Crippen LogP contribution in [-0.4, -0.2) is 24.5 Å². The van der Waals surface area contributed by atoms with Crippen LogP contribution in [-0.2, 0) is 19.5 Å². The molecular weight excluding hydrogens is 276 g/mol. The Morgan fingerprint density at radius 2 is 1.76 bits per heavy atom. The molecule has 3 heteroatoms. The first-order chi connectivity index (χ1) is 10.3. The van der Waals surface area contributed by atoms with E-state index < -0.39 is 0 Å². The minimum absolute atomic E-state index is 1.03. The van der Waals surface area contributed by atoms with E-state index in [1.165, 1.54) is 16.0 Å². The summed E-state index contributed by atoms with van der Waals surface area (Å²) in [4.78, 5) is 3.93. The van der Waals surface area contributed by atoms with Gasteiger partial charge >= 0.3 is 0 Å². The standard InChI is InChI=1S/C18H26N2S/c1-3-19-12-11-16-7-9-17(10-8-16)14-20(4-2)15-18-6-5-13-21-18/h5-10,13,19H,3-4,11-12,14-15H2,1-2H3. The molecule has 0 atom stereocenters. The van der Waals surface area contributed by atoms with Gasteiger partial charge in [-0.2, -0.15) is 0 Å². The number of rotatable bonds is 9. The van der Waals surface area contributed by atoms with Gasteiger partial charge in [0.15, 0.2) is 0 Å². The molecule has 114 valence electrons. The van der Waals surface area contributed by atoms with E-state index in [4.69, 9.17) is 0 Å². The van der Waals surface area contributed by atoms with Gasteiger partial charge in [-0.15, -0.1) is 11.3 Å². The molecule has 0 aliphatic heterocycles. The smallest absolute Gasteiger partial charge is 0.0331 e. The molecule has 21 heavy (non-hydrogen) atoms. The molecule has 0 spiro atoms. The highest BCUT2D eigenvalue weighted by Gasteiger charge is 2.05. The highest BCUT2D eigenvalue weighted by molar-refractivity contribution is 7.09. The Balaban J connectivity index is 1.86. The van der Waals surface area contributed by atoms with Gasteiger partial charge in [0.1, 0.15) is 0 Å². The van der Waals surface area contributed by atoms with Crippen LogP contribution in [0.1, 0.15) is 29.9 Å². The molecule has 0 fully saturated rings. The zero-order valence-electron chi connectivity index (χ0n) is 13.1. The quantitative estimate of drug-likeness (QED) is 0.706. The van der Waals surface area contributed by atoms with Crippen molar-refractivity contribution in [3.05, 3.63) is 57.8 Å². The molecule has 1 heterocycles. The lowest BCUT2D eigenvalue weighted by Crippen LogP contribution is -2.21. The van der Waals surface area contributed by atoms with E-state index in [0.29, 0.717) is 0 Å². The number of nitrogens with zero attached hydrogens (tertiary/aromatic N) is 1. The first-order valence-electron chi connectivity index (χ1n) is 7.85. The summed E-state index contributed by atoms with van der Waals surface area (Å²) < 4.78 is 0. The third kappa shape index (κ3) is 5.62. The fourth-order valence-electron chi connectivity index (χ4n) is 2.38. The van der Waals surface area contributed by atoms with E-state index in [-0.39, 0.29) is 0 Å². The Hall–Kier alpha value is -1.16. The van der Waals surface area contributed by atoms with Gasteiger partial charge < -0.3 is 5.32 Å². The van der Waals surface area contributed by atoms with Crippen molar-refractivity contribution in [2.45, 2.75) is 33.4 Å². The Morgan fingerprint density at radius 1 is 1.00 bits per heavy atom. The van der Waals surface area contributed by atoms with Crippen molar-refractivity contribution in [1.29, 1.82) is 0 Å². The molecule has 0 unspecified atom stereocenters. The van der Waals surface area contributed by atoms with E-state index in [1.54, 1.807) is 0 Å². The van der Waals surface area contributed by atoms with E-state index in [1.807, 2.05) is 11.3 Å². The normalized spacial score (nSPS) is 11.2. The number of benzene rings is 1. The van der Waals surface area contributed by atoms with Crippen LogP contribution in [0, 0.1) is 0 Å². The molecule has 1 aromatic carbocycles. The van der Waals surface area contributed by atoms with Crippen LogP contribution in [0.3, 0.4) is 0 Å². The number of nitrogens with one attached hydrogen (secondary N) is 1. The van der Waals surface area contributed by atoms with Crippen LogP contribution in [0.25, 0.3) is 0 Å². The molecule has 0 aliphatic rings. The monoisotopic (exact) mass is 302 g/mol. The number of likely N-dealkylation sites (N-methyl/N-ethyl adjacent to an activating group) is 1. The Kier molecular flexibility index (Phi) is 6.93. The van der Waals surface area contributed by atoms with E-state index >= 15 is 0 Å². The second-order valence-electron chi connectivity index (χ2n) is 5.30. The summed E-state index contributed by atoms with van der Waals surface area (Å²) in [5.74, 6) is 0. The molecule has 1 N–H and O–H groups in total. The summed E-state index contributed by atoms with van der Waals surface area (Å²) in [5.41, 5.74) is 2.82. The molecule has 2 aromatic rings. The Bertz CT molecular complexity index is 490. The molecule has 0 saturated heterocycles. The Morgan fingerprint density at radius 3 is 2.38 bits per heavy atom. The SMILES string of the molecule is CCNCCc1ccc(CN(CC)Cc2cccs2)cc1. The highest BCUT2D eigenvalue weighted by atomic mass is 32.1. The molecule has 0 radical (unpaired) electrons. The number of hydrogen-bond acceptors (Lipinski definition) is 3. The van der Waals surface area contributed by atoms with Crippen LogP contribution in [0.2, 0.25) is 0 Å². The largest absolute Gasteiger partial charge is 0.317 e. The zero-order chi connectivity index (χ0) is 14.9. The molecule has 2 rings (SSSR count). The van der Waals surface area contributed by atoms with Crippen molar-refractivity contribution < 1.29 is 0 Å². The summed E-state index contributed by atoms with van der Waals surface area (Å²) >= 11 is 1.84. The molecule has 2 nitrogen and oxygen atoms in total. The van der Waals surface area contributed by atoms with Gasteiger partial charge in [0.05, 0.1) is 0 Å². The van der Waals surface area contributed by atoms with Gasteiger partial charge in [-0.05, 0) is 48.6 Å². The second-order valence-corrected chi connectivity index (χ2v) is 6.33. The zero-order valence-corrected chi connectivity index (χ0v) is 14.0. The van der Waals surface area contributed by atoms with Crippen molar-refractivity contribution >= 4 is 11.3 Å². The van der Waals surface area contributed by atoms with Gasteiger partial charge in [0, 0.05) is 18.0 Å². The lowest BCUT2D eigenvalue weighted by Gasteiger charge is -2.19. The minimum atomic E-state index is 1.03. The van der Waals surface area contributed by atoms with Crippen LogP contribution < -0.4 is 5.32 Å². The topological polar surface area (TPSA) is 15.3 Å². The average molecular weight is 302 g/mol. The molecule has 1 aromatic heterocycles. The molecule has 0 bridgehead atoms. The van der Waals surface area contributed by atoms with Crippen LogP contribution >= 0.6 is 11.3 Å². The summed E-state index contributed by atoms with van der Waals surface area (Å²) in [6.07, 6.45) is 1.11. The molecule has 0 aliphatic carbocycles. The predicted octanol–water partition coefficient (Wildman–Crippen LogP) is 3.92. The maximum Gasteiger partial charge on any atom is 0.0331 e.